The molecule has 0 radical (unpaired) electrons. The fourth-order valence-electron chi connectivity index (χ4n) is 1.37. The van der Waals surface area contributed by atoms with Gasteiger partial charge in [-0.2, -0.15) is 0 Å². The minimum Gasteiger partial charge on any atom is -0.390 e. The predicted octanol–water partition coefficient (Wildman–Crippen LogP) is -0.273. The van der Waals surface area contributed by atoms with Gasteiger partial charge in [-0.3, -0.25) is 14.9 Å². The van der Waals surface area contributed by atoms with E-state index in [1.165, 1.54) is 0 Å². The summed E-state index contributed by atoms with van der Waals surface area (Å²) >= 11 is 0. The number of likely N-dealkylation sites (N-methyl/N-ethyl adjacent to an activating group) is 1. The lowest BCUT2D eigenvalue weighted by molar-refractivity contribution is -0.385. The number of hydrogen-bond donors (Lipinski definition) is 2. The number of hydrogen-bond acceptors (Lipinski definition) is 5. The summed E-state index contributed by atoms with van der Waals surface area (Å²) in [5.74, 6) is 0. The molecule has 7 heteroatoms. The van der Waals surface area contributed by atoms with E-state index < -0.39 is 11.0 Å². The highest BCUT2D eigenvalue weighted by Crippen LogP contribution is 2.06. The minimum absolute atomic E-state index is 0.0352. The predicted molar refractivity (Wildman–Crippen MR) is 61.9 cm³/mol. The van der Waals surface area contributed by atoms with E-state index in [4.69, 9.17) is 0 Å². The number of aromatic nitrogens is 1. The van der Waals surface area contributed by atoms with Gasteiger partial charge in [-0.1, -0.05) is 6.92 Å². The van der Waals surface area contributed by atoms with Crippen LogP contribution < -0.4 is 10.9 Å². The molecule has 1 heterocycles. The molecule has 1 aromatic rings. The van der Waals surface area contributed by atoms with Crippen molar-refractivity contribution in [2.75, 3.05) is 13.1 Å². The van der Waals surface area contributed by atoms with Crippen molar-refractivity contribution in [1.82, 2.24) is 9.88 Å². The van der Waals surface area contributed by atoms with E-state index in [2.05, 4.69) is 5.32 Å². The van der Waals surface area contributed by atoms with Crippen molar-refractivity contribution in [1.29, 1.82) is 0 Å². The van der Waals surface area contributed by atoms with Crippen LogP contribution in [0.2, 0.25) is 0 Å². The van der Waals surface area contributed by atoms with Crippen molar-refractivity contribution in [3.05, 3.63) is 38.8 Å². The van der Waals surface area contributed by atoms with E-state index in [0.717, 1.165) is 22.9 Å². The summed E-state index contributed by atoms with van der Waals surface area (Å²) < 4.78 is 1.14. The standard InChI is InChI=1S/C10H15N3O4/c1-2-11-5-9(14)7-12-6-8(13(16)17)3-4-10(12)15/h3-4,6,9,11,14H,2,5,7H2,1H3. The first-order valence-corrected chi connectivity index (χ1v) is 5.28. The Bertz CT molecular complexity index is 443. The van der Waals surface area contributed by atoms with Crippen LogP contribution in [0.15, 0.2) is 23.1 Å². The highest BCUT2D eigenvalue weighted by atomic mass is 16.6. The third-order valence-electron chi connectivity index (χ3n) is 2.22. The number of aliphatic hydroxyl groups is 1. The summed E-state index contributed by atoms with van der Waals surface area (Å²) in [5, 5.41) is 23.1. The van der Waals surface area contributed by atoms with Gasteiger partial charge in [0.15, 0.2) is 0 Å². The van der Waals surface area contributed by atoms with Crippen LogP contribution in [-0.2, 0) is 6.54 Å². The molecule has 0 aromatic carbocycles. The van der Waals surface area contributed by atoms with Crippen molar-refractivity contribution >= 4 is 5.69 Å². The van der Waals surface area contributed by atoms with Crippen LogP contribution in [-0.4, -0.2) is 33.8 Å². The quantitative estimate of drug-likeness (QED) is 0.527. The first kappa shape index (κ1) is 13.3. The summed E-state index contributed by atoms with van der Waals surface area (Å²) in [6, 6.07) is 2.27. The van der Waals surface area contributed by atoms with Gasteiger partial charge in [0, 0.05) is 18.7 Å². The normalized spacial score (nSPS) is 12.4. The zero-order valence-corrected chi connectivity index (χ0v) is 9.50. The fraction of sp³-hybridized carbons (Fsp3) is 0.500. The molecule has 1 rings (SSSR count). The van der Waals surface area contributed by atoms with Gasteiger partial charge >= 0.3 is 0 Å². The van der Waals surface area contributed by atoms with Gasteiger partial charge in [-0.05, 0) is 6.54 Å². The molecule has 2 N–H and O–H groups in total. The Labute approximate surface area is 97.8 Å². The molecule has 0 bridgehead atoms. The zero-order chi connectivity index (χ0) is 12.8. The molecular formula is C10H15N3O4. The second-order valence-electron chi connectivity index (χ2n) is 3.60. The van der Waals surface area contributed by atoms with Gasteiger partial charge in [0.05, 0.1) is 23.8 Å². The van der Waals surface area contributed by atoms with Gasteiger partial charge < -0.3 is 15.0 Å². The highest BCUT2D eigenvalue weighted by Gasteiger charge is 2.10. The molecular weight excluding hydrogens is 226 g/mol. The van der Waals surface area contributed by atoms with Crippen molar-refractivity contribution in [2.45, 2.75) is 19.6 Å². The summed E-state index contributed by atoms with van der Waals surface area (Å²) in [5.41, 5.74) is -0.536. The number of rotatable bonds is 6. The number of nitrogens with zero attached hydrogens (tertiary/aromatic N) is 2. The molecule has 0 spiro atoms. The van der Waals surface area contributed by atoms with Gasteiger partial charge in [0.2, 0.25) is 0 Å². The number of nitrogens with one attached hydrogen (secondary N) is 1. The highest BCUT2D eigenvalue weighted by molar-refractivity contribution is 5.24. The van der Waals surface area contributed by atoms with Crippen LogP contribution in [0.1, 0.15) is 6.92 Å². The zero-order valence-electron chi connectivity index (χ0n) is 9.50. The molecule has 0 saturated heterocycles. The average molecular weight is 241 g/mol. The van der Waals surface area contributed by atoms with E-state index >= 15 is 0 Å². The van der Waals surface area contributed by atoms with Crippen LogP contribution in [0, 0.1) is 10.1 Å². The van der Waals surface area contributed by atoms with E-state index in [-0.39, 0.29) is 17.8 Å². The lowest BCUT2D eigenvalue weighted by Gasteiger charge is -2.12. The summed E-state index contributed by atoms with van der Waals surface area (Å²) in [4.78, 5) is 21.4. The average Bonchev–Trinajstić information content (AvgIpc) is 2.29. The Balaban J connectivity index is 2.79. The van der Waals surface area contributed by atoms with E-state index in [9.17, 15) is 20.0 Å². The topological polar surface area (TPSA) is 97.4 Å². The van der Waals surface area contributed by atoms with Gasteiger partial charge in [-0.25, -0.2) is 0 Å². The molecule has 94 valence electrons. The summed E-state index contributed by atoms with van der Waals surface area (Å²) in [6.07, 6.45) is 0.381. The number of pyridine rings is 1. The van der Waals surface area contributed by atoms with Crippen LogP contribution in [0.4, 0.5) is 5.69 Å². The molecule has 1 atom stereocenters. The molecule has 7 nitrogen and oxygen atoms in total. The summed E-state index contributed by atoms with van der Waals surface area (Å²) in [7, 11) is 0. The van der Waals surface area contributed by atoms with Crippen LogP contribution in [0.5, 0.6) is 0 Å². The van der Waals surface area contributed by atoms with Crippen LogP contribution in [0.3, 0.4) is 0 Å². The second-order valence-corrected chi connectivity index (χ2v) is 3.60. The monoisotopic (exact) mass is 241 g/mol. The molecule has 0 aliphatic heterocycles. The van der Waals surface area contributed by atoms with Crippen LogP contribution >= 0.6 is 0 Å². The first-order valence-electron chi connectivity index (χ1n) is 5.28. The maximum Gasteiger partial charge on any atom is 0.285 e. The van der Waals surface area contributed by atoms with Gasteiger partial charge in [0.25, 0.3) is 11.2 Å². The number of aliphatic hydroxyl groups excluding tert-OH is 1. The Hall–Kier alpha value is -1.73. The SMILES string of the molecule is CCNCC(O)Cn1cc([N+](=O)[O-])ccc1=O. The molecule has 0 aliphatic rings. The smallest absolute Gasteiger partial charge is 0.285 e. The maximum absolute atomic E-state index is 11.4. The Kier molecular flexibility index (Phi) is 4.80. The maximum atomic E-state index is 11.4. The van der Waals surface area contributed by atoms with Gasteiger partial charge in [0.1, 0.15) is 0 Å². The molecule has 0 amide bonds. The lowest BCUT2D eigenvalue weighted by Crippen LogP contribution is -2.33. The minimum atomic E-state index is -0.755. The van der Waals surface area contributed by atoms with Crippen molar-refractivity contribution in [3.8, 4) is 0 Å². The Morgan fingerprint density at radius 1 is 1.59 bits per heavy atom. The Morgan fingerprint density at radius 2 is 2.29 bits per heavy atom. The third-order valence-corrected chi connectivity index (χ3v) is 2.22. The molecule has 1 unspecified atom stereocenters. The molecule has 0 fully saturated rings. The number of nitro groups is 1. The van der Waals surface area contributed by atoms with Crippen molar-refractivity contribution in [3.63, 3.8) is 0 Å². The third kappa shape index (κ3) is 3.97. The van der Waals surface area contributed by atoms with Crippen molar-refractivity contribution < 1.29 is 10.0 Å². The van der Waals surface area contributed by atoms with E-state index in [1.54, 1.807) is 0 Å². The molecule has 0 saturated carbocycles. The second kappa shape index (κ2) is 6.12. The largest absolute Gasteiger partial charge is 0.390 e. The lowest BCUT2D eigenvalue weighted by atomic mass is 10.3. The van der Waals surface area contributed by atoms with E-state index in [0.29, 0.717) is 13.1 Å². The Morgan fingerprint density at radius 3 is 2.88 bits per heavy atom. The molecule has 1 aromatic heterocycles. The molecule has 0 aliphatic carbocycles. The fourth-order valence-corrected chi connectivity index (χ4v) is 1.37. The summed E-state index contributed by atoms with van der Waals surface area (Å²) in [6.45, 7) is 2.98. The molecule has 17 heavy (non-hydrogen) atoms. The van der Waals surface area contributed by atoms with E-state index in [1.807, 2.05) is 6.92 Å². The van der Waals surface area contributed by atoms with Crippen molar-refractivity contribution in [2.24, 2.45) is 0 Å². The van der Waals surface area contributed by atoms with Gasteiger partial charge in [-0.15, -0.1) is 0 Å². The van der Waals surface area contributed by atoms with Crippen LogP contribution in [0.25, 0.3) is 0 Å². The first-order chi connectivity index (χ1) is 8.04.